The highest BCUT2D eigenvalue weighted by atomic mass is 32.1. The van der Waals surface area contributed by atoms with Crippen LogP contribution < -0.4 is 10.1 Å². The van der Waals surface area contributed by atoms with Crippen molar-refractivity contribution in [2.45, 2.75) is 20.4 Å². The van der Waals surface area contributed by atoms with E-state index in [9.17, 15) is 0 Å². The first kappa shape index (κ1) is 18.7. The number of rotatable bonds is 5. The summed E-state index contributed by atoms with van der Waals surface area (Å²) in [7, 11) is 0. The lowest BCUT2D eigenvalue weighted by atomic mass is 10.1. The molecule has 0 bridgehead atoms. The molecule has 138 valence electrons. The van der Waals surface area contributed by atoms with Crippen LogP contribution in [0.1, 0.15) is 18.1 Å². The Morgan fingerprint density at radius 3 is 2.42 bits per heavy atom. The van der Waals surface area contributed by atoms with Crippen LogP contribution in [0.4, 0.5) is 5.69 Å². The van der Waals surface area contributed by atoms with E-state index in [1.54, 1.807) is 0 Å². The summed E-state index contributed by atoms with van der Waals surface area (Å²) in [6.45, 7) is 9.67. The molecule has 1 aliphatic rings. The molecule has 1 aliphatic heterocycles. The zero-order chi connectivity index (χ0) is 18.4. The Hall–Kier alpha value is -2.11. The predicted octanol–water partition coefficient (Wildman–Crippen LogP) is 3.91. The topological polar surface area (TPSA) is 27.7 Å². The summed E-state index contributed by atoms with van der Waals surface area (Å²) >= 11 is 5.62. The Morgan fingerprint density at radius 2 is 1.73 bits per heavy atom. The zero-order valence-electron chi connectivity index (χ0n) is 15.6. The number of piperazine rings is 1. The molecule has 1 heterocycles. The average molecular weight is 370 g/mol. The number of hydrogen-bond donors (Lipinski definition) is 1. The predicted molar refractivity (Wildman–Crippen MR) is 112 cm³/mol. The number of thiocarbonyl (C=S) groups is 1. The number of nitrogens with one attached hydrogen (secondary N) is 1. The molecule has 26 heavy (non-hydrogen) atoms. The molecule has 0 radical (unpaired) electrons. The van der Waals surface area contributed by atoms with E-state index in [0.717, 1.165) is 49.3 Å². The van der Waals surface area contributed by atoms with Crippen molar-refractivity contribution in [3.05, 3.63) is 59.7 Å². The van der Waals surface area contributed by atoms with Gasteiger partial charge in [-0.15, -0.1) is 0 Å². The van der Waals surface area contributed by atoms with Gasteiger partial charge in [-0.2, -0.15) is 0 Å². The number of nitrogens with zero attached hydrogens (tertiary/aromatic N) is 2. The summed E-state index contributed by atoms with van der Waals surface area (Å²) in [4.78, 5) is 4.72. The lowest BCUT2D eigenvalue weighted by Gasteiger charge is -2.36. The van der Waals surface area contributed by atoms with Crippen molar-refractivity contribution >= 4 is 23.0 Å². The van der Waals surface area contributed by atoms with Gasteiger partial charge < -0.3 is 15.0 Å². The van der Waals surface area contributed by atoms with E-state index in [-0.39, 0.29) is 0 Å². The van der Waals surface area contributed by atoms with Crippen molar-refractivity contribution < 1.29 is 4.74 Å². The van der Waals surface area contributed by atoms with Gasteiger partial charge in [-0.3, -0.25) is 4.90 Å². The number of anilines is 1. The van der Waals surface area contributed by atoms with Crippen LogP contribution in [0, 0.1) is 6.92 Å². The second-order valence-electron chi connectivity index (χ2n) is 6.61. The van der Waals surface area contributed by atoms with E-state index in [4.69, 9.17) is 17.0 Å². The van der Waals surface area contributed by atoms with Crippen molar-refractivity contribution in [1.29, 1.82) is 0 Å². The Labute approximate surface area is 161 Å². The van der Waals surface area contributed by atoms with E-state index >= 15 is 0 Å². The van der Waals surface area contributed by atoms with E-state index in [0.29, 0.717) is 6.61 Å². The fourth-order valence-electron chi connectivity index (χ4n) is 3.11. The van der Waals surface area contributed by atoms with Gasteiger partial charge >= 0.3 is 0 Å². The van der Waals surface area contributed by atoms with Gasteiger partial charge in [-0.1, -0.05) is 42.0 Å². The maximum atomic E-state index is 5.67. The van der Waals surface area contributed by atoms with E-state index < -0.39 is 0 Å². The highest BCUT2D eigenvalue weighted by Gasteiger charge is 2.19. The van der Waals surface area contributed by atoms with Crippen LogP contribution in [0.2, 0.25) is 0 Å². The minimum Gasteiger partial charge on any atom is -0.492 e. The van der Waals surface area contributed by atoms with Crippen molar-refractivity contribution in [2.24, 2.45) is 0 Å². The number of ether oxygens (including phenoxy) is 1. The molecule has 0 aliphatic carbocycles. The molecule has 1 saturated heterocycles. The molecule has 0 aromatic heterocycles. The molecule has 0 unspecified atom stereocenters. The monoisotopic (exact) mass is 369 g/mol. The third-order valence-corrected chi connectivity index (χ3v) is 4.98. The van der Waals surface area contributed by atoms with Crippen LogP contribution in [0.15, 0.2) is 48.5 Å². The lowest BCUT2D eigenvalue weighted by molar-refractivity contribution is 0.177. The molecule has 5 heteroatoms. The summed E-state index contributed by atoms with van der Waals surface area (Å²) < 4.78 is 5.67. The Bertz CT molecular complexity index is 724. The fourth-order valence-corrected chi connectivity index (χ4v) is 3.40. The lowest BCUT2D eigenvalue weighted by Crippen LogP contribution is -2.49. The Kier molecular flexibility index (Phi) is 6.47. The van der Waals surface area contributed by atoms with Gasteiger partial charge in [0, 0.05) is 32.7 Å². The van der Waals surface area contributed by atoms with Gasteiger partial charge in [-0.05, 0) is 43.8 Å². The third-order valence-electron chi connectivity index (χ3n) is 4.61. The second-order valence-corrected chi connectivity index (χ2v) is 6.99. The molecule has 0 atom stereocenters. The first-order valence-corrected chi connectivity index (χ1v) is 9.62. The summed E-state index contributed by atoms with van der Waals surface area (Å²) in [5.41, 5.74) is 3.61. The van der Waals surface area contributed by atoms with E-state index in [2.05, 4.69) is 46.3 Å². The smallest absolute Gasteiger partial charge is 0.173 e. The minimum absolute atomic E-state index is 0.642. The van der Waals surface area contributed by atoms with Gasteiger partial charge in [0.1, 0.15) is 5.75 Å². The summed E-state index contributed by atoms with van der Waals surface area (Å²) in [6, 6.07) is 16.7. The van der Waals surface area contributed by atoms with Gasteiger partial charge in [0.05, 0.1) is 12.3 Å². The molecule has 1 fully saturated rings. The summed E-state index contributed by atoms with van der Waals surface area (Å²) in [5, 5.41) is 4.12. The first-order valence-electron chi connectivity index (χ1n) is 9.21. The highest BCUT2D eigenvalue weighted by Crippen LogP contribution is 2.24. The van der Waals surface area contributed by atoms with Crippen LogP contribution >= 0.6 is 12.2 Å². The maximum Gasteiger partial charge on any atom is 0.173 e. The molecule has 0 spiro atoms. The highest BCUT2D eigenvalue weighted by molar-refractivity contribution is 7.80. The van der Waals surface area contributed by atoms with Crippen LogP contribution in [-0.4, -0.2) is 47.7 Å². The standard InChI is InChI=1S/C21H27N3OS/c1-3-25-20-7-5-4-6-19(20)22-21(26)24-14-12-23(13-15-24)16-18-10-8-17(2)9-11-18/h4-11H,3,12-16H2,1-2H3,(H,22,26). The van der Waals surface area contributed by atoms with Crippen LogP contribution in [0.5, 0.6) is 5.75 Å². The third kappa shape index (κ3) is 4.96. The van der Waals surface area contributed by atoms with Crippen molar-refractivity contribution in [1.82, 2.24) is 9.80 Å². The second kappa shape index (κ2) is 9.01. The molecule has 2 aromatic rings. The Morgan fingerprint density at radius 1 is 1.04 bits per heavy atom. The number of hydrogen-bond acceptors (Lipinski definition) is 3. The minimum atomic E-state index is 0.642. The van der Waals surface area contributed by atoms with Gasteiger partial charge in [-0.25, -0.2) is 0 Å². The first-order chi connectivity index (χ1) is 12.7. The van der Waals surface area contributed by atoms with E-state index in [1.165, 1.54) is 11.1 Å². The molecule has 4 nitrogen and oxygen atoms in total. The number of aryl methyl sites for hydroxylation is 1. The van der Waals surface area contributed by atoms with Crippen LogP contribution in [0.3, 0.4) is 0 Å². The van der Waals surface area contributed by atoms with Crippen LogP contribution in [-0.2, 0) is 6.54 Å². The zero-order valence-corrected chi connectivity index (χ0v) is 16.4. The van der Waals surface area contributed by atoms with Crippen molar-refractivity contribution in [3.8, 4) is 5.75 Å². The average Bonchev–Trinajstić information content (AvgIpc) is 2.66. The molecule has 1 N–H and O–H groups in total. The summed E-state index contributed by atoms with van der Waals surface area (Å²) in [5.74, 6) is 0.843. The largest absolute Gasteiger partial charge is 0.492 e. The SMILES string of the molecule is CCOc1ccccc1NC(=S)N1CCN(Cc2ccc(C)cc2)CC1. The number of benzene rings is 2. The maximum absolute atomic E-state index is 5.67. The van der Waals surface area contributed by atoms with Gasteiger partial charge in [0.2, 0.25) is 0 Å². The molecule has 0 amide bonds. The van der Waals surface area contributed by atoms with Crippen LogP contribution in [0.25, 0.3) is 0 Å². The van der Waals surface area contributed by atoms with Gasteiger partial charge in [0.25, 0.3) is 0 Å². The van der Waals surface area contributed by atoms with Crippen molar-refractivity contribution in [3.63, 3.8) is 0 Å². The molecular weight excluding hydrogens is 342 g/mol. The van der Waals surface area contributed by atoms with E-state index in [1.807, 2.05) is 31.2 Å². The quantitative estimate of drug-likeness (QED) is 0.807. The Balaban J connectivity index is 1.51. The summed E-state index contributed by atoms with van der Waals surface area (Å²) in [6.07, 6.45) is 0. The number of para-hydroxylation sites is 2. The van der Waals surface area contributed by atoms with Crippen molar-refractivity contribution in [2.75, 3.05) is 38.1 Å². The molecule has 2 aromatic carbocycles. The normalized spacial score (nSPS) is 14.9. The molecule has 0 saturated carbocycles. The molecule has 3 rings (SSSR count). The molecular formula is C21H27N3OS. The fraction of sp³-hybridized carbons (Fsp3) is 0.381. The van der Waals surface area contributed by atoms with Gasteiger partial charge in [0.15, 0.2) is 5.11 Å².